The van der Waals surface area contributed by atoms with E-state index < -0.39 is 90.0 Å². The summed E-state index contributed by atoms with van der Waals surface area (Å²) in [4.78, 5) is 68.1. The van der Waals surface area contributed by atoms with Gasteiger partial charge in [-0.05, 0) is 24.3 Å². The van der Waals surface area contributed by atoms with Gasteiger partial charge in [0.2, 0.25) is 22.8 Å². The molecule has 2 aromatic heterocycles. The summed E-state index contributed by atoms with van der Waals surface area (Å²) in [5.74, 6) is -9.11. The van der Waals surface area contributed by atoms with E-state index in [9.17, 15) is 50.3 Å². The molecule has 44 heavy (non-hydrogen) atoms. The van der Waals surface area contributed by atoms with Gasteiger partial charge >= 0.3 is 24.3 Å². The second kappa shape index (κ2) is 14.6. The van der Waals surface area contributed by atoms with Gasteiger partial charge in [-0.2, -0.15) is 26.3 Å². The number of alkyl halides is 6. The Hall–Kier alpha value is -4.77. The maximum absolute atomic E-state index is 14.6. The molecule has 2 heterocycles. The molecular weight excluding hydrogens is 610 g/mol. The summed E-state index contributed by atoms with van der Waals surface area (Å²) in [7, 11) is 0. The molecule has 236 valence electrons. The Balaban J connectivity index is 2.67. The van der Waals surface area contributed by atoms with Crippen LogP contribution in [0.5, 0.6) is 0 Å². The molecule has 0 aromatic carbocycles. The maximum atomic E-state index is 14.6. The molecule has 0 aliphatic carbocycles. The van der Waals surface area contributed by atoms with Crippen molar-refractivity contribution in [3.8, 4) is 0 Å². The van der Waals surface area contributed by atoms with E-state index in [-0.39, 0.29) is 0 Å². The molecule has 0 aliphatic heterocycles. The number of ketones is 3. The normalized spacial score (nSPS) is 15.0. The first-order valence-corrected chi connectivity index (χ1v) is 12.1. The van der Waals surface area contributed by atoms with Crippen LogP contribution in [0, 0.1) is 0 Å². The van der Waals surface area contributed by atoms with Gasteiger partial charge in [-0.3, -0.25) is 24.4 Å². The van der Waals surface area contributed by atoms with Gasteiger partial charge in [0, 0.05) is 48.1 Å². The second-order valence-corrected chi connectivity index (χ2v) is 8.79. The van der Waals surface area contributed by atoms with Crippen LogP contribution in [0.2, 0.25) is 0 Å². The van der Waals surface area contributed by atoms with Gasteiger partial charge in [-0.25, -0.2) is 9.59 Å². The van der Waals surface area contributed by atoms with E-state index in [0.29, 0.717) is 36.7 Å². The average molecular weight is 632 g/mol. The molecule has 0 spiro atoms. The third-order valence-corrected chi connectivity index (χ3v) is 5.76. The Morgan fingerprint density at radius 1 is 0.682 bits per heavy atom. The number of hydrogen-bond acceptors (Lipinski definition) is 9. The molecule has 2 rings (SSSR count). The molecule has 17 heteroatoms. The molecular formula is C27H22F6N2O9. The number of carbonyl (C=O) groups is 5. The van der Waals surface area contributed by atoms with Crippen molar-refractivity contribution in [2.24, 2.45) is 0 Å². The molecule has 2 aromatic rings. The van der Waals surface area contributed by atoms with Gasteiger partial charge < -0.3 is 19.7 Å². The predicted octanol–water partition coefficient (Wildman–Crippen LogP) is 3.81. The monoisotopic (exact) mass is 632 g/mol. The zero-order valence-electron chi connectivity index (χ0n) is 22.2. The van der Waals surface area contributed by atoms with Crippen molar-refractivity contribution in [3.63, 3.8) is 0 Å². The predicted molar refractivity (Wildman–Crippen MR) is 134 cm³/mol. The Kier molecular flexibility index (Phi) is 11.8. The van der Waals surface area contributed by atoms with Gasteiger partial charge in [-0.15, -0.1) is 0 Å². The minimum absolute atomic E-state index is 0.358. The van der Waals surface area contributed by atoms with Crippen molar-refractivity contribution in [1.29, 1.82) is 0 Å². The zero-order valence-corrected chi connectivity index (χ0v) is 22.2. The Labute approximate surface area is 243 Å². The molecule has 0 radical (unpaired) electrons. The lowest BCUT2D eigenvalue weighted by Crippen LogP contribution is -2.59. The third kappa shape index (κ3) is 8.63. The summed E-state index contributed by atoms with van der Waals surface area (Å²) in [5.41, 5.74) is -9.87. The lowest BCUT2D eigenvalue weighted by Gasteiger charge is -2.36. The largest absolute Gasteiger partial charge is 0.478 e. The first-order chi connectivity index (χ1) is 20.5. The Morgan fingerprint density at radius 3 is 1.32 bits per heavy atom. The van der Waals surface area contributed by atoms with Crippen LogP contribution in [0.15, 0.2) is 73.4 Å². The summed E-state index contributed by atoms with van der Waals surface area (Å²) in [6.45, 7) is -2.47. The fraction of sp³-hybridized carbons (Fsp3) is 0.296. The molecule has 0 saturated carbocycles. The van der Waals surface area contributed by atoms with Crippen LogP contribution in [0.4, 0.5) is 26.3 Å². The van der Waals surface area contributed by atoms with Crippen LogP contribution in [0.1, 0.15) is 33.6 Å². The van der Waals surface area contributed by atoms with Crippen LogP contribution in [0.25, 0.3) is 0 Å². The highest BCUT2D eigenvalue weighted by molar-refractivity contribution is 6.08. The minimum atomic E-state index is -5.79. The average Bonchev–Trinajstić information content (AvgIpc) is 2.94. The van der Waals surface area contributed by atoms with Gasteiger partial charge in [0.15, 0.2) is 0 Å². The van der Waals surface area contributed by atoms with Crippen LogP contribution in [0.3, 0.4) is 0 Å². The van der Waals surface area contributed by atoms with E-state index in [1.807, 2.05) is 0 Å². The van der Waals surface area contributed by atoms with Crippen molar-refractivity contribution in [1.82, 2.24) is 9.97 Å². The fourth-order valence-corrected chi connectivity index (χ4v) is 3.77. The molecule has 11 nitrogen and oxygen atoms in total. The van der Waals surface area contributed by atoms with Crippen molar-refractivity contribution in [2.45, 2.75) is 36.4 Å². The standard InChI is InChI=1S/C27H22F6N2O9/c28-26(29,30)24(43-11-3-7-20(37)38,22(41)17-5-1-9-34-15-17)13-19(36)14-25(27(31,32)33,44-12-4-8-21(39)40)23(42)18-6-2-10-35-16-18/h1-10,15-16H,11-14H2,(H,37,38)(H,39,40). The van der Waals surface area contributed by atoms with E-state index >= 15 is 0 Å². The number of ether oxygens (including phenoxy) is 2. The van der Waals surface area contributed by atoms with E-state index in [0.717, 1.165) is 36.7 Å². The Bertz CT molecular complexity index is 1310. The summed E-state index contributed by atoms with van der Waals surface area (Å²) < 4.78 is 97.2. The van der Waals surface area contributed by atoms with Gasteiger partial charge in [-0.1, -0.05) is 12.2 Å². The molecule has 2 atom stereocenters. The first-order valence-electron chi connectivity index (χ1n) is 12.1. The molecule has 0 saturated heterocycles. The SMILES string of the molecule is O=C(O)C=CCOC(CC(=O)CC(OCC=CC(=O)O)(C(=O)c1cccnc1)C(F)(F)F)(C(=O)c1cccnc1)C(F)(F)F. The number of carbonyl (C=O) groups excluding carboxylic acids is 3. The summed E-state index contributed by atoms with van der Waals surface area (Å²) >= 11 is 0. The lowest BCUT2D eigenvalue weighted by molar-refractivity contribution is -0.258. The van der Waals surface area contributed by atoms with Crippen molar-refractivity contribution in [3.05, 3.63) is 84.5 Å². The number of carboxylic acids is 2. The highest BCUT2D eigenvalue weighted by Gasteiger charge is 2.66. The van der Waals surface area contributed by atoms with Crippen molar-refractivity contribution < 1.29 is 70.0 Å². The molecule has 0 bridgehead atoms. The zero-order chi connectivity index (χ0) is 33.2. The van der Waals surface area contributed by atoms with Crippen LogP contribution in [-0.4, -0.2) is 86.2 Å². The van der Waals surface area contributed by atoms with E-state index in [2.05, 4.69) is 9.97 Å². The third-order valence-electron chi connectivity index (χ3n) is 5.76. The van der Waals surface area contributed by atoms with Gasteiger partial charge in [0.05, 0.1) is 26.1 Å². The van der Waals surface area contributed by atoms with Gasteiger partial charge in [0.1, 0.15) is 5.78 Å². The van der Waals surface area contributed by atoms with Crippen LogP contribution >= 0.6 is 0 Å². The molecule has 0 fully saturated rings. The van der Waals surface area contributed by atoms with Gasteiger partial charge in [0.25, 0.3) is 0 Å². The number of aliphatic carboxylic acids is 2. The number of halogens is 6. The number of nitrogens with zero attached hydrogens (tertiary/aromatic N) is 2. The maximum Gasteiger partial charge on any atom is 0.425 e. The molecule has 2 N–H and O–H groups in total. The van der Waals surface area contributed by atoms with Crippen molar-refractivity contribution in [2.75, 3.05) is 13.2 Å². The Morgan fingerprint density at radius 2 is 1.05 bits per heavy atom. The number of Topliss-reactive ketones (excluding diaryl/α,β-unsaturated/α-hetero) is 3. The summed E-state index contributed by atoms with van der Waals surface area (Å²) in [6.07, 6.45) is -10.5. The lowest BCUT2D eigenvalue weighted by atomic mass is 9.81. The van der Waals surface area contributed by atoms with Crippen LogP contribution in [-0.2, 0) is 23.9 Å². The minimum Gasteiger partial charge on any atom is -0.478 e. The summed E-state index contributed by atoms with van der Waals surface area (Å²) in [5, 5.41) is 17.4. The quantitative estimate of drug-likeness (QED) is 0.157. The fourth-order valence-electron chi connectivity index (χ4n) is 3.77. The van der Waals surface area contributed by atoms with Crippen molar-refractivity contribution >= 4 is 29.3 Å². The highest BCUT2D eigenvalue weighted by Crippen LogP contribution is 2.43. The number of aromatic nitrogens is 2. The topological polar surface area (TPSA) is 170 Å². The second-order valence-electron chi connectivity index (χ2n) is 8.79. The van der Waals surface area contributed by atoms with E-state index in [1.54, 1.807) is 0 Å². The smallest absolute Gasteiger partial charge is 0.425 e. The number of rotatable bonds is 16. The van der Waals surface area contributed by atoms with Crippen LogP contribution < -0.4 is 0 Å². The number of hydrogen-bond donors (Lipinski definition) is 2. The highest BCUT2D eigenvalue weighted by atomic mass is 19.4. The number of pyridine rings is 2. The first kappa shape index (κ1) is 35.4. The summed E-state index contributed by atoms with van der Waals surface area (Å²) in [6, 6.07) is 3.83. The van der Waals surface area contributed by atoms with E-state index in [1.165, 1.54) is 0 Å². The number of carboxylic acid groups (broad SMARTS) is 2. The molecule has 0 aliphatic rings. The molecule has 0 amide bonds. The van der Waals surface area contributed by atoms with E-state index in [4.69, 9.17) is 19.7 Å². The molecule has 2 unspecified atom stereocenters.